The topological polar surface area (TPSA) is 33.2 Å². The number of fused-ring (bicyclic) bond motifs is 1. The van der Waals surface area contributed by atoms with Crippen LogP contribution in [0.2, 0.25) is 5.02 Å². The van der Waals surface area contributed by atoms with Gasteiger partial charge in [0.25, 0.3) is 0 Å². The molecular formula is C15H12ClFN2O. The lowest BCUT2D eigenvalue weighted by Gasteiger charge is -2.26. The fourth-order valence-electron chi connectivity index (χ4n) is 2.44. The van der Waals surface area contributed by atoms with E-state index in [1.54, 1.807) is 24.2 Å². The second-order valence-corrected chi connectivity index (χ2v) is 5.21. The van der Waals surface area contributed by atoms with Gasteiger partial charge in [0.2, 0.25) is 5.91 Å². The highest BCUT2D eigenvalue weighted by molar-refractivity contribution is 6.33. The van der Waals surface area contributed by atoms with E-state index in [0.717, 1.165) is 23.0 Å². The maximum absolute atomic E-state index is 13.3. The minimum atomic E-state index is -0.399. The van der Waals surface area contributed by atoms with Gasteiger partial charge in [-0.05, 0) is 30.2 Å². The summed E-state index contributed by atoms with van der Waals surface area (Å²) < 4.78 is 13.3. The number of halogens is 2. The molecule has 3 rings (SSSR count). The molecule has 20 heavy (non-hydrogen) atoms. The summed E-state index contributed by atoms with van der Waals surface area (Å²) in [5.41, 5.74) is 3.23. The first kappa shape index (κ1) is 13.1. The molecule has 0 fully saturated rings. The van der Waals surface area contributed by atoms with Crippen molar-refractivity contribution in [3.05, 3.63) is 47.0 Å². The van der Waals surface area contributed by atoms with Gasteiger partial charge in [-0.15, -0.1) is 0 Å². The van der Waals surface area contributed by atoms with Gasteiger partial charge in [-0.3, -0.25) is 9.78 Å². The predicted molar refractivity (Wildman–Crippen MR) is 76.4 cm³/mol. The monoisotopic (exact) mass is 290 g/mol. The fraction of sp³-hybridized carbons (Fsp3) is 0.200. The maximum Gasteiger partial charge on any atom is 0.227 e. The molecule has 0 radical (unpaired) electrons. The summed E-state index contributed by atoms with van der Waals surface area (Å²) in [7, 11) is 1.74. The zero-order valence-corrected chi connectivity index (χ0v) is 11.6. The molecule has 1 amide bonds. The number of nitrogens with zero attached hydrogens (tertiary/aromatic N) is 2. The quantitative estimate of drug-likeness (QED) is 0.806. The molecule has 1 aliphatic rings. The Morgan fingerprint density at radius 1 is 1.25 bits per heavy atom. The van der Waals surface area contributed by atoms with Crippen LogP contribution in [0, 0.1) is 5.82 Å². The molecule has 0 saturated heterocycles. The van der Waals surface area contributed by atoms with Gasteiger partial charge < -0.3 is 4.90 Å². The second kappa shape index (κ2) is 4.87. The Hall–Kier alpha value is -1.94. The van der Waals surface area contributed by atoms with Crippen molar-refractivity contribution in [3.63, 3.8) is 0 Å². The number of aryl methyl sites for hydroxylation is 1. The van der Waals surface area contributed by atoms with Gasteiger partial charge in [0.1, 0.15) is 5.82 Å². The van der Waals surface area contributed by atoms with E-state index in [4.69, 9.17) is 11.6 Å². The van der Waals surface area contributed by atoms with Crippen LogP contribution < -0.4 is 4.90 Å². The Balaban J connectivity index is 2.13. The van der Waals surface area contributed by atoms with E-state index in [9.17, 15) is 9.18 Å². The molecule has 0 bridgehead atoms. The molecule has 2 heterocycles. The summed E-state index contributed by atoms with van der Waals surface area (Å²) in [5, 5.41) is 0.484. The van der Waals surface area contributed by atoms with Gasteiger partial charge >= 0.3 is 0 Å². The van der Waals surface area contributed by atoms with E-state index in [0.29, 0.717) is 23.4 Å². The SMILES string of the molecule is CN1C(=O)CCc2cc(-c3cncc(F)c3)c(Cl)cc21. The predicted octanol–water partition coefficient (Wildman–Crippen LogP) is 3.45. The van der Waals surface area contributed by atoms with Crippen LogP contribution in [0.1, 0.15) is 12.0 Å². The van der Waals surface area contributed by atoms with E-state index in [1.807, 2.05) is 6.07 Å². The first-order valence-electron chi connectivity index (χ1n) is 6.26. The van der Waals surface area contributed by atoms with Crippen LogP contribution in [-0.2, 0) is 11.2 Å². The van der Waals surface area contributed by atoms with Crippen LogP contribution in [-0.4, -0.2) is 17.9 Å². The fourth-order valence-corrected chi connectivity index (χ4v) is 2.71. The Bertz CT molecular complexity index is 702. The lowest BCUT2D eigenvalue weighted by molar-refractivity contribution is -0.118. The van der Waals surface area contributed by atoms with Crippen molar-refractivity contribution in [2.24, 2.45) is 0 Å². The average Bonchev–Trinajstić information content (AvgIpc) is 2.43. The Morgan fingerprint density at radius 3 is 2.80 bits per heavy atom. The van der Waals surface area contributed by atoms with Crippen molar-refractivity contribution in [1.29, 1.82) is 0 Å². The highest BCUT2D eigenvalue weighted by atomic mass is 35.5. The van der Waals surface area contributed by atoms with Gasteiger partial charge in [-0.25, -0.2) is 4.39 Å². The summed E-state index contributed by atoms with van der Waals surface area (Å²) in [5.74, 6) is -0.322. The summed E-state index contributed by atoms with van der Waals surface area (Å²) >= 11 is 6.27. The third kappa shape index (κ3) is 2.16. The van der Waals surface area contributed by atoms with Gasteiger partial charge in [0.05, 0.1) is 11.2 Å². The minimum Gasteiger partial charge on any atom is -0.315 e. The van der Waals surface area contributed by atoms with Crippen LogP contribution in [0.15, 0.2) is 30.6 Å². The average molecular weight is 291 g/mol. The lowest BCUT2D eigenvalue weighted by Crippen LogP contribution is -2.31. The number of rotatable bonds is 1. The third-order valence-electron chi connectivity index (χ3n) is 3.53. The molecule has 1 aromatic heterocycles. The summed E-state index contributed by atoms with van der Waals surface area (Å²) in [6.45, 7) is 0. The Kier molecular flexibility index (Phi) is 3.18. The summed E-state index contributed by atoms with van der Waals surface area (Å²) in [6, 6.07) is 5.07. The molecule has 3 nitrogen and oxygen atoms in total. The molecule has 0 spiro atoms. The number of benzene rings is 1. The second-order valence-electron chi connectivity index (χ2n) is 4.81. The van der Waals surface area contributed by atoms with Crippen LogP contribution in [0.4, 0.5) is 10.1 Å². The number of aromatic nitrogens is 1. The number of amides is 1. The maximum atomic E-state index is 13.3. The normalized spacial score (nSPS) is 14.3. The van der Waals surface area contributed by atoms with Crippen molar-refractivity contribution in [3.8, 4) is 11.1 Å². The molecule has 0 aliphatic carbocycles. The molecule has 0 unspecified atom stereocenters. The van der Waals surface area contributed by atoms with Crippen LogP contribution in [0.25, 0.3) is 11.1 Å². The highest BCUT2D eigenvalue weighted by Crippen LogP contribution is 2.36. The number of hydrogen-bond acceptors (Lipinski definition) is 2. The standard InChI is InChI=1S/C15H12ClFN2O/c1-19-14-6-13(16)12(5-9(14)2-3-15(19)20)10-4-11(17)8-18-7-10/h4-8H,2-3H2,1H3. The molecule has 1 aromatic carbocycles. The zero-order valence-electron chi connectivity index (χ0n) is 10.9. The van der Waals surface area contributed by atoms with E-state index >= 15 is 0 Å². The van der Waals surface area contributed by atoms with Crippen LogP contribution >= 0.6 is 11.6 Å². The van der Waals surface area contributed by atoms with Crippen molar-refractivity contribution >= 4 is 23.2 Å². The highest BCUT2D eigenvalue weighted by Gasteiger charge is 2.22. The molecule has 1 aliphatic heterocycles. The third-order valence-corrected chi connectivity index (χ3v) is 3.84. The first-order chi connectivity index (χ1) is 9.56. The molecule has 0 atom stereocenters. The Labute approximate surface area is 121 Å². The molecule has 5 heteroatoms. The summed E-state index contributed by atoms with van der Waals surface area (Å²) in [6.07, 6.45) is 3.88. The molecule has 102 valence electrons. The molecule has 0 N–H and O–H groups in total. The van der Waals surface area contributed by atoms with Gasteiger partial charge in [0, 0.05) is 36.5 Å². The molecule has 2 aromatic rings. The molecule has 0 saturated carbocycles. The van der Waals surface area contributed by atoms with Gasteiger partial charge in [-0.1, -0.05) is 11.6 Å². The van der Waals surface area contributed by atoms with Gasteiger partial charge in [0.15, 0.2) is 0 Å². The molecular weight excluding hydrogens is 279 g/mol. The number of pyridine rings is 1. The van der Waals surface area contributed by atoms with E-state index < -0.39 is 5.82 Å². The lowest BCUT2D eigenvalue weighted by atomic mass is 9.96. The van der Waals surface area contributed by atoms with Crippen molar-refractivity contribution in [2.45, 2.75) is 12.8 Å². The summed E-state index contributed by atoms with van der Waals surface area (Å²) in [4.78, 5) is 17.1. The zero-order chi connectivity index (χ0) is 14.3. The smallest absolute Gasteiger partial charge is 0.227 e. The largest absolute Gasteiger partial charge is 0.315 e. The van der Waals surface area contributed by atoms with Gasteiger partial charge in [-0.2, -0.15) is 0 Å². The van der Waals surface area contributed by atoms with Crippen molar-refractivity contribution < 1.29 is 9.18 Å². The number of carbonyl (C=O) groups excluding carboxylic acids is 1. The van der Waals surface area contributed by atoms with E-state index in [-0.39, 0.29) is 5.91 Å². The van der Waals surface area contributed by atoms with E-state index in [2.05, 4.69) is 4.98 Å². The van der Waals surface area contributed by atoms with Crippen LogP contribution in [0.5, 0.6) is 0 Å². The van der Waals surface area contributed by atoms with Crippen LogP contribution in [0.3, 0.4) is 0 Å². The Morgan fingerprint density at radius 2 is 2.05 bits per heavy atom. The number of carbonyl (C=O) groups is 1. The van der Waals surface area contributed by atoms with Crippen molar-refractivity contribution in [1.82, 2.24) is 4.98 Å². The van der Waals surface area contributed by atoms with E-state index in [1.165, 1.54) is 6.07 Å². The first-order valence-corrected chi connectivity index (χ1v) is 6.64. The van der Waals surface area contributed by atoms with Crippen molar-refractivity contribution in [2.75, 3.05) is 11.9 Å². The number of hydrogen-bond donors (Lipinski definition) is 0. The minimum absolute atomic E-state index is 0.0775. The number of anilines is 1.